The van der Waals surface area contributed by atoms with E-state index in [-0.39, 0.29) is 31.5 Å². The predicted octanol–water partition coefficient (Wildman–Crippen LogP) is 19.0. The zero-order valence-electron chi connectivity index (χ0n) is 49.5. The summed E-state index contributed by atoms with van der Waals surface area (Å²) < 4.78 is 30.6. The lowest BCUT2D eigenvalue weighted by molar-refractivity contribution is -0.870. The van der Waals surface area contributed by atoms with E-state index >= 15 is 0 Å². The van der Waals surface area contributed by atoms with Gasteiger partial charge in [0.25, 0.3) is 0 Å². The number of ether oxygens (including phenoxy) is 1. The van der Waals surface area contributed by atoms with Crippen molar-refractivity contribution in [2.75, 3.05) is 40.9 Å². The van der Waals surface area contributed by atoms with Crippen LogP contribution in [0, 0.1) is 0 Å². The number of phosphoric ester groups is 1. The minimum Gasteiger partial charge on any atom is -0.456 e. The number of phosphoric acid groups is 1. The molecular formula is C65H118N2O7P+. The first kappa shape index (κ1) is 72.2. The maximum atomic E-state index is 13.5. The molecule has 0 aliphatic heterocycles. The van der Waals surface area contributed by atoms with Crippen molar-refractivity contribution >= 4 is 19.7 Å². The Hall–Kier alpha value is -2.81. The fourth-order valence-corrected chi connectivity index (χ4v) is 9.29. The Morgan fingerprint density at radius 2 is 0.867 bits per heavy atom. The van der Waals surface area contributed by atoms with E-state index in [0.717, 1.165) is 77.0 Å². The summed E-state index contributed by atoms with van der Waals surface area (Å²) in [7, 11) is 1.46. The summed E-state index contributed by atoms with van der Waals surface area (Å²) in [5.41, 5.74) is 0. The number of nitrogens with zero attached hydrogens (tertiary/aromatic N) is 1. The number of likely N-dealkylation sites (N-methyl/N-ethyl adjacent to an activating group) is 1. The van der Waals surface area contributed by atoms with Crippen molar-refractivity contribution in [2.24, 2.45) is 0 Å². The number of allylic oxidation sites excluding steroid dienone is 13. The summed E-state index contributed by atoms with van der Waals surface area (Å²) >= 11 is 0. The number of nitrogens with one attached hydrogen (secondary N) is 1. The van der Waals surface area contributed by atoms with Gasteiger partial charge in [0.2, 0.25) is 5.91 Å². The second kappa shape index (κ2) is 54.5. The molecule has 0 aromatic heterocycles. The number of carbonyl (C=O) groups excluding carboxylic acids is 2. The Balaban J connectivity index is 5.27. The number of unbranched alkanes of at least 4 members (excludes halogenated alkanes) is 27. The number of hydrogen-bond acceptors (Lipinski definition) is 6. The van der Waals surface area contributed by atoms with Gasteiger partial charge in [-0.1, -0.05) is 241 Å². The molecule has 9 nitrogen and oxygen atoms in total. The lowest BCUT2D eigenvalue weighted by atomic mass is 10.0. The van der Waals surface area contributed by atoms with Crippen LogP contribution in [-0.4, -0.2) is 74.3 Å². The Morgan fingerprint density at radius 3 is 1.32 bits per heavy atom. The number of rotatable bonds is 55. The molecule has 0 heterocycles. The second-order valence-corrected chi connectivity index (χ2v) is 23.3. The zero-order valence-corrected chi connectivity index (χ0v) is 50.4. The van der Waals surface area contributed by atoms with Crippen LogP contribution in [0.1, 0.15) is 265 Å². The molecule has 10 heteroatoms. The van der Waals surface area contributed by atoms with E-state index in [1.165, 1.54) is 148 Å². The molecule has 0 spiro atoms. The zero-order chi connectivity index (χ0) is 55.0. The van der Waals surface area contributed by atoms with Crippen LogP contribution in [0.25, 0.3) is 0 Å². The highest BCUT2D eigenvalue weighted by Gasteiger charge is 2.30. The molecular weight excluding hydrogens is 952 g/mol. The lowest BCUT2D eigenvalue weighted by Crippen LogP contribution is -2.47. The maximum absolute atomic E-state index is 13.5. The van der Waals surface area contributed by atoms with Gasteiger partial charge in [0.1, 0.15) is 19.3 Å². The number of amides is 1. The first-order valence-corrected chi connectivity index (χ1v) is 32.4. The molecule has 434 valence electrons. The highest BCUT2D eigenvalue weighted by Crippen LogP contribution is 2.43. The molecule has 0 bridgehead atoms. The van der Waals surface area contributed by atoms with Gasteiger partial charge in [-0.2, -0.15) is 0 Å². The van der Waals surface area contributed by atoms with Crippen LogP contribution in [0.4, 0.5) is 0 Å². The predicted molar refractivity (Wildman–Crippen MR) is 323 cm³/mol. The van der Waals surface area contributed by atoms with E-state index < -0.39 is 20.0 Å². The van der Waals surface area contributed by atoms with Crippen LogP contribution in [0.3, 0.4) is 0 Å². The van der Waals surface area contributed by atoms with Crippen LogP contribution in [-0.2, 0) is 27.9 Å². The SMILES string of the molecule is CC/C=C\C/C=C\C/C=C\C/C=C\C/C=C\CCCC(=O)OC(/C=C\CCCCCCCCCCC)C(COP(=O)(O)OCC[N+](C)(C)C)NC(=O)CCCCCCCCCCCCC/C=C/CCCCCCCC. The van der Waals surface area contributed by atoms with Gasteiger partial charge in [-0.3, -0.25) is 18.6 Å². The van der Waals surface area contributed by atoms with Crippen molar-refractivity contribution in [1.29, 1.82) is 0 Å². The summed E-state index contributed by atoms with van der Waals surface area (Å²) in [6, 6.07) is -0.874. The molecule has 0 aliphatic carbocycles. The molecule has 0 saturated heterocycles. The van der Waals surface area contributed by atoms with E-state index in [1.807, 2.05) is 33.3 Å². The Kier molecular flexibility index (Phi) is 52.5. The van der Waals surface area contributed by atoms with Gasteiger partial charge in [0.15, 0.2) is 0 Å². The number of esters is 1. The minimum absolute atomic E-state index is 0.0285. The van der Waals surface area contributed by atoms with Gasteiger partial charge in [0, 0.05) is 12.8 Å². The molecule has 0 aromatic rings. The fourth-order valence-electron chi connectivity index (χ4n) is 8.56. The molecule has 0 aromatic carbocycles. The molecule has 2 N–H and O–H groups in total. The van der Waals surface area contributed by atoms with Gasteiger partial charge in [-0.15, -0.1) is 0 Å². The average Bonchev–Trinajstić information content (AvgIpc) is 3.37. The number of carbonyl (C=O) groups is 2. The quantitative estimate of drug-likeness (QED) is 0.0205. The van der Waals surface area contributed by atoms with Gasteiger partial charge < -0.3 is 19.4 Å². The fraction of sp³-hybridized carbons (Fsp3) is 0.754. The van der Waals surface area contributed by atoms with Crippen LogP contribution in [0.5, 0.6) is 0 Å². The van der Waals surface area contributed by atoms with Crippen molar-refractivity contribution in [3.8, 4) is 0 Å². The van der Waals surface area contributed by atoms with E-state index in [1.54, 1.807) is 0 Å². The second-order valence-electron chi connectivity index (χ2n) is 21.8. The molecule has 0 radical (unpaired) electrons. The van der Waals surface area contributed by atoms with E-state index in [9.17, 15) is 19.0 Å². The molecule has 0 aliphatic rings. The summed E-state index contributed by atoms with van der Waals surface area (Å²) in [5, 5.41) is 3.04. The monoisotopic (exact) mass is 1070 g/mol. The van der Waals surface area contributed by atoms with E-state index in [2.05, 4.69) is 99.0 Å². The van der Waals surface area contributed by atoms with Crippen molar-refractivity contribution in [3.63, 3.8) is 0 Å². The smallest absolute Gasteiger partial charge is 0.456 e. The molecule has 0 rings (SSSR count). The van der Waals surface area contributed by atoms with Crippen LogP contribution < -0.4 is 5.32 Å². The normalized spacial score (nSPS) is 14.3. The maximum Gasteiger partial charge on any atom is 0.472 e. The third kappa shape index (κ3) is 55.7. The number of hydrogen-bond donors (Lipinski definition) is 2. The van der Waals surface area contributed by atoms with Crippen molar-refractivity contribution in [3.05, 3.63) is 85.1 Å². The van der Waals surface area contributed by atoms with Crippen molar-refractivity contribution < 1.29 is 37.3 Å². The standard InChI is InChI=1S/C65H117N2O7P/c1-7-10-13-16-19-22-25-27-29-31-32-33-34-36-37-39-42-45-48-51-54-57-64(68)66-62(61-73-75(70,71)72-60-59-67(4,5)6)63(56-53-50-47-44-41-24-21-18-15-12-9-3)74-65(69)58-55-52-49-46-43-40-38-35-30-28-26-23-20-17-14-11-8-2/h11,14,20,23,27-30,38,40,46,49,53,56,62-63H,7-10,12-13,15-19,21-22,24-26,31-37,39,41-45,47-48,50-52,54-55,57-61H2,1-6H3,(H-,66,68,70,71)/p+1/b14-11-,23-20-,29-27+,30-28-,40-38-,49-46-,56-53-. The molecule has 3 unspecified atom stereocenters. The van der Waals surface area contributed by atoms with E-state index in [0.29, 0.717) is 23.9 Å². The summed E-state index contributed by atoms with van der Waals surface area (Å²) in [5.74, 6) is -0.574. The van der Waals surface area contributed by atoms with Gasteiger partial charge in [-0.25, -0.2) is 4.57 Å². The van der Waals surface area contributed by atoms with Crippen LogP contribution in [0.15, 0.2) is 85.1 Å². The molecule has 75 heavy (non-hydrogen) atoms. The molecule has 3 atom stereocenters. The number of quaternary nitrogens is 1. The third-order valence-corrected chi connectivity index (χ3v) is 14.3. The highest BCUT2D eigenvalue weighted by atomic mass is 31.2. The Morgan fingerprint density at radius 1 is 0.480 bits per heavy atom. The van der Waals surface area contributed by atoms with Crippen LogP contribution >= 0.6 is 7.82 Å². The first-order valence-electron chi connectivity index (χ1n) is 30.9. The molecule has 0 fully saturated rings. The topological polar surface area (TPSA) is 111 Å². The summed E-state index contributed by atoms with van der Waals surface area (Å²) in [4.78, 5) is 37.6. The van der Waals surface area contributed by atoms with Gasteiger partial charge >= 0.3 is 13.8 Å². The van der Waals surface area contributed by atoms with Crippen molar-refractivity contribution in [2.45, 2.75) is 277 Å². The Labute approximate surface area is 463 Å². The summed E-state index contributed by atoms with van der Waals surface area (Å²) in [6.07, 6.45) is 71.6. The average molecular weight is 1070 g/mol. The largest absolute Gasteiger partial charge is 0.472 e. The van der Waals surface area contributed by atoms with Crippen LogP contribution in [0.2, 0.25) is 0 Å². The lowest BCUT2D eigenvalue weighted by Gasteiger charge is -2.27. The van der Waals surface area contributed by atoms with Gasteiger partial charge in [0.05, 0.1) is 33.8 Å². The third-order valence-electron chi connectivity index (χ3n) is 13.3. The minimum atomic E-state index is -4.46. The highest BCUT2D eigenvalue weighted by molar-refractivity contribution is 7.47. The Bertz CT molecular complexity index is 1560. The molecule has 1 amide bonds. The first-order chi connectivity index (χ1) is 36.4. The van der Waals surface area contributed by atoms with E-state index in [4.69, 9.17) is 13.8 Å². The van der Waals surface area contributed by atoms with Crippen molar-refractivity contribution in [1.82, 2.24) is 5.32 Å². The van der Waals surface area contributed by atoms with Gasteiger partial charge in [-0.05, 0) is 96.0 Å². The summed E-state index contributed by atoms with van der Waals surface area (Å²) in [6.45, 7) is 6.85. The molecule has 0 saturated carbocycles.